The van der Waals surface area contributed by atoms with Crippen molar-refractivity contribution in [1.82, 2.24) is 5.32 Å². The predicted molar refractivity (Wildman–Crippen MR) is 74.3 cm³/mol. The molecule has 0 spiro atoms. The van der Waals surface area contributed by atoms with E-state index in [1.54, 1.807) is 25.2 Å². The summed E-state index contributed by atoms with van der Waals surface area (Å²) in [5.41, 5.74) is 0. The van der Waals surface area contributed by atoms with Crippen LogP contribution in [0.1, 0.15) is 38.1 Å². The van der Waals surface area contributed by atoms with Gasteiger partial charge in [-0.3, -0.25) is 0 Å². The van der Waals surface area contributed by atoms with Crippen molar-refractivity contribution in [2.24, 2.45) is 0 Å². The van der Waals surface area contributed by atoms with E-state index in [2.05, 4.69) is 18.3 Å². The monoisotopic (exact) mass is 275 g/mol. The molecule has 5 heteroatoms. The smallest absolute Gasteiger partial charge is 0.153 e. The summed E-state index contributed by atoms with van der Waals surface area (Å²) < 4.78 is 23.3. The van der Waals surface area contributed by atoms with Crippen molar-refractivity contribution in [2.45, 2.75) is 38.5 Å². The minimum Gasteiger partial charge on any atom is -0.308 e. The molecule has 3 nitrogen and oxygen atoms in total. The quantitative estimate of drug-likeness (QED) is 0.832. The van der Waals surface area contributed by atoms with Gasteiger partial charge in [0.25, 0.3) is 0 Å². The van der Waals surface area contributed by atoms with Gasteiger partial charge in [0.15, 0.2) is 9.84 Å². The Hall–Kier alpha value is -0.390. The van der Waals surface area contributed by atoms with Gasteiger partial charge in [-0.05, 0) is 31.7 Å². The van der Waals surface area contributed by atoms with Gasteiger partial charge in [-0.15, -0.1) is 11.3 Å². The minimum atomic E-state index is -2.93. The molecule has 1 aromatic heterocycles. The molecule has 98 valence electrons. The summed E-state index contributed by atoms with van der Waals surface area (Å²) in [6.45, 7) is 6.09. The van der Waals surface area contributed by atoms with Gasteiger partial charge in [-0.2, -0.15) is 0 Å². The van der Waals surface area contributed by atoms with E-state index in [4.69, 9.17) is 0 Å². The van der Waals surface area contributed by atoms with Crippen molar-refractivity contribution in [3.8, 4) is 0 Å². The van der Waals surface area contributed by atoms with E-state index in [9.17, 15) is 8.42 Å². The molecular weight excluding hydrogens is 254 g/mol. The first-order valence-electron chi connectivity index (χ1n) is 5.95. The Kier molecular flexibility index (Phi) is 5.62. The third-order valence-corrected chi connectivity index (χ3v) is 5.99. The van der Waals surface area contributed by atoms with Crippen molar-refractivity contribution in [1.29, 1.82) is 0 Å². The highest BCUT2D eigenvalue weighted by molar-refractivity contribution is 7.92. The van der Waals surface area contributed by atoms with Crippen LogP contribution < -0.4 is 5.32 Å². The minimum absolute atomic E-state index is 0.215. The Bertz CT molecular complexity index is 410. The summed E-state index contributed by atoms with van der Waals surface area (Å²) >= 11 is 1.71. The fourth-order valence-electron chi connectivity index (χ4n) is 1.55. The van der Waals surface area contributed by atoms with Gasteiger partial charge in [0.05, 0.1) is 11.0 Å². The molecule has 0 aliphatic rings. The van der Waals surface area contributed by atoms with E-state index in [1.807, 2.05) is 11.4 Å². The lowest BCUT2D eigenvalue weighted by atomic mass is 10.2. The topological polar surface area (TPSA) is 46.2 Å². The largest absolute Gasteiger partial charge is 0.308 e. The molecule has 17 heavy (non-hydrogen) atoms. The van der Waals surface area contributed by atoms with E-state index < -0.39 is 9.84 Å². The highest BCUT2D eigenvalue weighted by Gasteiger charge is 2.16. The zero-order valence-corrected chi connectivity index (χ0v) is 12.3. The zero-order valence-electron chi connectivity index (χ0n) is 10.6. The zero-order chi connectivity index (χ0) is 12.9. The normalized spacial score (nSPS) is 14.1. The summed E-state index contributed by atoms with van der Waals surface area (Å²) in [6, 6.07) is 4.38. The maximum absolute atomic E-state index is 11.6. The van der Waals surface area contributed by atoms with Crippen LogP contribution in [0.15, 0.2) is 17.5 Å². The lowest BCUT2D eigenvalue weighted by Gasteiger charge is -2.16. The van der Waals surface area contributed by atoms with Crippen LogP contribution in [0.5, 0.6) is 0 Å². The van der Waals surface area contributed by atoms with Gasteiger partial charge >= 0.3 is 0 Å². The first-order valence-corrected chi connectivity index (χ1v) is 8.55. The Morgan fingerprint density at radius 1 is 1.41 bits per heavy atom. The molecule has 0 aliphatic heterocycles. The molecular formula is C12H21NO2S2. The van der Waals surface area contributed by atoms with Crippen LogP contribution in [0.3, 0.4) is 0 Å². The number of hydrogen-bond donors (Lipinski definition) is 1. The summed E-state index contributed by atoms with van der Waals surface area (Å²) in [6.07, 6.45) is 0.974. The molecule has 0 saturated carbocycles. The number of hydrogen-bond acceptors (Lipinski definition) is 4. The Labute approximate surface area is 108 Å². The molecule has 1 rings (SSSR count). The molecule has 1 atom stereocenters. The molecule has 0 aliphatic carbocycles. The Morgan fingerprint density at radius 3 is 2.59 bits per heavy atom. The highest BCUT2D eigenvalue weighted by atomic mass is 32.2. The lowest BCUT2D eigenvalue weighted by molar-refractivity contribution is 0.536. The Morgan fingerprint density at radius 2 is 2.12 bits per heavy atom. The van der Waals surface area contributed by atoms with Crippen LogP contribution in [0.25, 0.3) is 0 Å². The van der Waals surface area contributed by atoms with Gasteiger partial charge in [0.1, 0.15) is 0 Å². The van der Waals surface area contributed by atoms with Gasteiger partial charge in [-0.25, -0.2) is 8.42 Å². The van der Waals surface area contributed by atoms with Crippen molar-refractivity contribution < 1.29 is 8.42 Å². The standard InChI is InChI=1S/C12H21NO2S2/c1-4-11(12-6-5-8-16-12)13-7-9-17(14,15)10(2)3/h5-6,8,10-11,13H,4,7,9H2,1-3H3. The summed E-state index contributed by atoms with van der Waals surface area (Å²) in [5.74, 6) is 0.215. The van der Waals surface area contributed by atoms with E-state index >= 15 is 0 Å². The molecule has 0 bridgehead atoms. The number of rotatable bonds is 7. The fraction of sp³-hybridized carbons (Fsp3) is 0.667. The van der Waals surface area contributed by atoms with Crippen LogP contribution in [0.4, 0.5) is 0 Å². The van der Waals surface area contributed by atoms with E-state index in [-0.39, 0.29) is 17.0 Å². The molecule has 1 aromatic rings. The summed E-state index contributed by atoms with van der Waals surface area (Å²) in [4.78, 5) is 1.27. The molecule has 0 aromatic carbocycles. The second-order valence-electron chi connectivity index (χ2n) is 4.35. The van der Waals surface area contributed by atoms with Gasteiger partial charge < -0.3 is 5.32 Å². The van der Waals surface area contributed by atoms with E-state index in [1.165, 1.54) is 4.88 Å². The summed E-state index contributed by atoms with van der Waals surface area (Å²) in [5, 5.41) is 5.07. The molecule has 0 fully saturated rings. The molecule has 0 radical (unpaired) electrons. The molecule has 0 saturated heterocycles. The second-order valence-corrected chi connectivity index (χ2v) is 8.00. The first kappa shape index (κ1) is 14.7. The average molecular weight is 275 g/mol. The van der Waals surface area contributed by atoms with Gasteiger partial charge in [0, 0.05) is 17.5 Å². The maximum Gasteiger partial charge on any atom is 0.153 e. The SMILES string of the molecule is CCC(NCCS(=O)(=O)C(C)C)c1cccs1. The third kappa shape index (κ3) is 4.41. The Balaban J connectivity index is 2.45. The van der Waals surface area contributed by atoms with Crippen molar-refractivity contribution in [2.75, 3.05) is 12.3 Å². The fourth-order valence-corrected chi connectivity index (χ4v) is 3.31. The average Bonchev–Trinajstić information content (AvgIpc) is 2.77. The number of sulfone groups is 1. The molecule has 1 heterocycles. The molecule has 1 unspecified atom stereocenters. The predicted octanol–water partition coefficient (Wildman–Crippen LogP) is 2.61. The second kappa shape index (κ2) is 6.52. The van der Waals surface area contributed by atoms with Crippen molar-refractivity contribution in [3.05, 3.63) is 22.4 Å². The third-order valence-electron chi connectivity index (χ3n) is 2.79. The van der Waals surface area contributed by atoms with Crippen LogP contribution in [-0.2, 0) is 9.84 Å². The van der Waals surface area contributed by atoms with Gasteiger partial charge in [0.2, 0.25) is 0 Å². The van der Waals surface area contributed by atoms with Crippen LogP contribution in [0, 0.1) is 0 Å². The first-order chi connectivity index (χ1) is 7.97. The number of nitrogens with one attached hydrogen (secondary N) is 1. The van der Waals surface area contributed by atoms with Crippen LogP contribution >= 0.6 is 11.3 Å². The van der Waals surface area contributed by atoms with Crippen LogP contribution in [-0.4, -0.2) is 26.0 Å². The maximum atomic E-state index is 11.6. The van der Waals surface area contributed by atoms with E-state index in [0.29, 0.717) is 6.54 Å². The van der Waals surface area contributed by atoms with Crippen LogP contribution in [0.2, 0.25) is 0 Å². The molecule has 0 amide bonds. The van der Waals surface area contributed by atoms with Crippen molar-refractivity contribution >= 4 is 21.2 Å². The highest BCUT2D eigenvalue weighted by Crippen LogP contribution is 2.21. The van der Waals surface area contributed by atoms with Gasteiger partial charge in [-0.1, -0.05) is 13.0 Å². The number of thiophene rings is 1. The lowest BCUT2D eigenvalue weighted by Crippen LogP contribution is -2.29. The van der Waals surface area contributed by atoms with E-state index in [0.717, 1.165) is 6.42 Å². The summed E-state index contributed by atoms with van der Waals surface area (Å²) in [7, 11) is -2.93. The molecule has 1 N–H and O–H groups in total. The van der Waals surface area contributed by atoms with Crippen molar-refractivity contribution in [3.63, 3.8) is 0 Å².